The van der Waals surface area contributed by atoms with Gasteiger partial charge in [0.15, 0.2) is 5.82 Å². The average Bonchev–Trinajstić information content (AvgIpc) is 3.23. The number of pyridine rings is 2. The molecular formula is C22H18F2N4O3S. The highest BCUT2D eigenvalue weighted by molar-refractivity contribution is 7.92. The predicted molar refractivity (Wildman–Crippen MR) is 117 cm³/mol. The van der Waals surface area contributed by atoms with Crippen molar-refractivity contribution in [1.82, 2.24) is 15.0 Å². The molecule has 0 unspecified atom stereocenters. The molecule has 0 aliphatic carbocycles. The van der Waals surface area contributed by atoms with E-state index in [1.165, 1.54) is 12.4 Å². The molecule has 0 fully saturated rings. The van der Waals surface area contributed by atoms with Crippen molar-refractivity contribution in [3.05, 3.63) is 77.9 Å². The first-order valence-corrected chi connectivity index (χ1v) is 10.6. The number of ketones is 1. The Labute approximate surface area is 189 Å². The van der Waals surface area contributed by atoms with Gasteiger partial charge >= 0.3 is 0 Å². The lowest BCUT2D eigenvalue weighted by atomic mass is 10.00. The van der Waals surface area contributed by atoms with Gasteiger partial charge in [-0.05, 0) is 30.7 Å². The summed E-state index contributed by atoms with van der Waals surface area (Å²) in [6.45, 7) is -2.95. The molecule has 10 heteroatoms. The SMILES string of the molecule is [2H]C([2H])([2H])CC([2H])([2H])S(=O)(=O)Nc1ccc(F)c(C(=O)c2c[nH]c3ncc(-c4cccnc4)cc23)c1F. The van der Waals surface area contributed by atoms with Gasteiger partial charge in [-0.15, -0.1) is 0 Å². The third-order valence-corrected chi connectivity index (χ3v) is 5.61. The summed E-state index contributed by atoms with van der Waals surface area (Å²) in [5.41, 5.74) is -3.98. The summed E-state index contributed by atoms with van der Waals surface area (Å²) in [5, 5.41) is 0.241. The van der Waals surface area contributed by atoms with Gasteiger partial charge in [0.25, 0.3) is 0 Å². The Morgan fingerprint density at radius 1 is 1.25 bits per heavy atom. The lowest BCUT2D eigenvalue weighted by molar-refractivity contribution is 0.103. The van der Waals surface area contributed by atoms with E-state index < -0.39 is 57.7 Å². The number of hydrogen-bond acceptors (Lipinski definition) is 5. The second-order valence-corrected chi connectivity index (χ2v) is 8.10. The Morgan fingerprint density at radius 2 is 2.09 bits per heavy atom. The van der Waals surface area contributed by atoms with Gasteiger partial charge in [0.05, 0.1) is 17.0 Å². The standard InChI is InChI=1S/C22H18F2N4O3S/c1-2-8-32(30,31)28-18-6-5-17(23)19(20(18)24)21(29)16-12-27-22-15(16)9-14(11-26-22)13-4-3-7-25-10-13/h3-7,9-12,28H,2,8H2,1H3,(H,26,27)/i1D3,8D2. The molecule has 4 rings (SSSR count). The largest absolute Gasteiger partial charge is 0.345 e. The summed E-state index contributed by atoms with van der Waals surface area (Å²) in [4.78, 5) is 24.2. The molecule has 3 aromatic heterocycles. The Kier molecular flexibility index (Phi) is 4.24. The number of hydrogen-bond donors (Lipinski definition) is 2. The predicted octanol–water partition coefficient (Wildman–Crippen LogP) is 4.29. The number of aromatic nitrogens is 3. The first-order chi connectivity index (χ1) is 17.2. The third kappa shape index (κ3) is 4.09. The van der Waals surface area contributed by atoms with Crippen LogP contribution in [0, 0.1) is 11.6 Å². The maximum atomic E-state index is 15.3. The Morgan fingerprint density at radius 3 is 2.84 bits per heavy atom. The topological polar surface area (TPSA) is 105 Å². The zero-order valence-electron chi connectivity index (χ0n) is 21.2. The third-order valence-electron chi connectivity index (χ3n) is 4.60. The van der Waals surface area contributed by atoms with Crippen LogP contribution in [0.4, 0.5) is 14.5 Å². The maximum absolute atomic E-state index is 15.3. The average molecular weight is 462 g/mol. The zero-order valence-corrected chi connectivity index (χ0v) is 17.0. The fourth-order valence-corrected chi connectivity index (χ4v) is 3.84. The van der Waals surface area contributed by atoms with Crippen molar-refractivity contribution in [2.75, 3.05) is 10.4 Å². The van der Waals surface area contributed by atoms with E-state index in [-0.39, 0.29) is 16.6 Å². The van der Waals surface area contributed by atoms with Gasteiger partial charge in [0, 0.05) is 53.7 Å². The Balaban J connectivity index is 1.74. The fraction of sp³-hybridized carbons (Fsp3) is 0.136. The molecule has 0 spiro atoms. The zero-order chi connectivity index (χ0) is 27.2. The molecule has 2 N–H and O–H groups in total. The van der Waals surface area contributed by atoms with Crippen LogP contribution < -0.4 is 4.72 Å². The van der Waals surface area contributed by atoms with Crippen molar-refractivity contribution in [3.8, 4) is 11.1 Å². The number of carbonyl (C=O) groups excluding carboxylic acids is 1. The summed E-state index contributed by atoms with van der Waals surface area (Å²) in [6.07, 6.45) is 4.48. The number of nitrogens with one attached hydrogen (secondary N) is 2. The summed E-state index contributed by atoms with van der Waals surface area (Å²) in [5.74, 6) is -4.01. The lowest BCUT2D eigenvalue weighted by Crippen LogP contribution is -2.18. The van der Waals surface area contributed by atoms with Crippen LogP contribution in [-0.4, -0.2) is 34.9 Å². The van der Waals surface area contributed by atoms with Crippen LogP contribution in [0.25, 0.3) is 22.2 Å². The van der Waals surface area contributed by atoms with Crippen LogP contribution in [0.15, 0.2) is 55.1 Å². The van der Waals surface area contributed by atoms with Crippen molar-refractivity contribution in [3.63, 3.8) is 0 Å². The van der Waals surface area contributed by atoms with E-state index in [0.717, 1.165) is 0 Å². The van der Waals surface area contributed by atoms with Gasteiger partial charge in [0.2, 0.25) is 15.8 Å². The molecule has 7 nitrogen and oxygen atoms in total. The van der Waals surface area contributed by atoms with E-state index >= 15 is 4.39 Å². The van der Waals surface area contributed by atoms with E-state index in [4.69, 9.17) is 6.85 Å². The van der Waals surface area contributed by atoms with Crippen molar-refractivity contribution in [2.24, 2.45) is 0 Å². The van der Waals surface area contributed by atoms with Gasteiger partial charge < -0.3 is 4.98 Å². The molecular weight excluding hydrogens is 438 g/mol. The number of sulfonamides is 1. The minimum absolute atomic E-state index is 0.149. The van der Waals surface area contributed by atoms with Gasteiger partial charge in [-0.2, -0.15) is 0 Å². The lowest BCUT2D eigenvalue weighted by Gasteiger charge is -2.11. The smallest absolute Gasteiger partial charge is 0.232 e. The quantitative estimate of drug-likeness (QED) is 0.400. The summed E-state index contributed by atoms with van der Waals surface area (Å²) in [7, 11) is -5.12. The van der Waals surface area contributed by atoms with Crippen LogP contribution >= 0.6 is 0 Å². The number of rotatable bonds is 7. The van der Waals surface area contributed by atoms with Gasteiger partial charge in [0.1, 0.15) is 11.5 Å². The molecule has 0 bridgehead atoms. The number of benzene rings is 1. The Hall–Kier alpha value is -3.66. The van der Waals surface area contributed by atoms with Gasteiger partial charge in [-0.1, -0.05) is 12.9 Å². The number of halogens is 2. The molecule has 0 aliphatic heterocycles. The van der Waals surface area contributed by atoms with Crippen LogP contribution in [0.5, 0.6) is 0 Å². The van der Waals surface area contributed by atoms with Gasteiger partial charge in [-0.25, -0.2) is 22.2 Å². The minimum atomic E-state index is -5.12. The molecule has 164 valence electrons. The Bertz CT molecular complexity index is 1610. The normalized spacial score (nSPS) is 14.8. The molecule has 4 aromatic rings. The van der Waals surface area contributed by atoms with Crippen molar-refractivity contribution in [1.29, 1.82) is 0 Å². The molecule has 0 radical (unpaired) electrons. The van der Waals surface area contributed by atoms with Crippen molar-refractivity contribution < 1.29 is 28.8 Å². The summed E-state index contributed by atoms with van der Waals surface area (Å²) >= 11 is 0. The molecule has 3 heterocycles. The second kappa shape index (κ2) is 8.46. The minimum Gasteiger partial charge on any atom is -0.345 e. The second-order valence-electron chi connectivity index (χ2n) is 6.60. The molecule has 32 heavy (non-hydrogen) atoms. The number of fused-ring (bicyclic) bond motifs is 1. The number of carbonyl (C=O) groups is 1. The maximum Gasteiger partial charge on any atom is 0.232 e. The highest BCUT2D eigenvalue weighted by Crippen LogP contribution is 2.29. The van der Waals surface area contributed by atoms with Gasteiger partial charge in [-0.3, -0.25) is 14.5 Å². The van der Waals surface area contributed by atoms with E-state index in [0.29, 0.717) is 23.3 Å². The molecule has 0 atom stereocenters. The van der Waals surface area contributed by atoms with Crippen molar-refractivity contribution in [2.45, 2.75) is 13.3 Å². The first-order valence-electron chi connectivity index (χ1n) is 11.6. The van der Waals surface area contributed by atoms with E-state index in [9.17, 15) is 17.6 Å². The van der Waals surface area contributed by atoms with Crippen LogP contribution in [0.2, 0.25) is 0 Å². The highest BCUT2D eigenvalue weighted by atomic mass is 32.2. The molecule has 0 aliphatic rings. The first kappa shape index (κ1) is 16.0. The molecule has 0 amide bonds. The summed E-state index contributed by atoms with van der Waals surface area (Å²) < 4.78 is 93.4. The van der Waals surface area contributed by atoms with E-state index in [1.807, 2.05) is 0 Å². The molecule has 0 saturated carbocycles. The van der Waals surface area contributed by atoms with E-state index in [1.54, 1.807) is 35.3 Å². The number of aromatic amines is 1. The van der Waals surface area contributed by atoms with Crippen LogP contribution in [-0.2, 0) is 10.0 Å². The molecule has 1 aromatic carbocycles. The number of nitrogens with zero attached hydrogens (tertiary/aromatic N) is 2. The molecule has 0 saturated heterocycles. The number of anilines is 1. The van der Waals surface area contributed by atoms with E-state index in [2.05, 4.69) is 15.0 Å². The van der Waals surface area contributed by atoms with Crippen LogP contribution in [0.1, 0.15) is 36.0 Å². The monoisotopic (exact) mass is 461 g/mol. The fourth-order valence-electron chi connectivity index (χ4n) is 3.13. The summed E-state index contributed by atoms with van der Waals surface area (Å²) in [6, 6.07) is 6.34. The number of H-pyrrole nitrogens is 1. The van der Waals surface area contributed by atoms with Crippen molar-refractivity contribution >= 4 is 32.5 Å². The van der Waals surface area contributed by atoms with Crippen LogP contribution in [0.3, 0.4) is 0 Å². The highest BCUT2D eigenvalue weighted by Gasteiger charge is 2.26.